The van der Waals surface area contributed by atoms with Gasteiger partial charge in [-0.3, -0.25) is 4.79 Å². The molecule has 0 heterocycles. The number of halogens is 1. The Bertz CT molecular complexity index is 238. The third-order valence-electron chi connectivity index (χ3n) is 1.24. The van der Waals surface area contributed by atoms with E-state index in [2.05, 4.69) is 5.32 Å². The molecule has 66 valence electrons. The average molecular weight is 187 g/mol. The molecule has 0 unspecified atom stereocenters. The fourth-order valence-corrected chi connectivity index (χ4v) is 0.734. The summed E-state index contributed by atoms with van der Waals surface area (Å²) in [6, 6.07) is 9.22. The van der Waals surface area contributed by atoms with Crippen molar-refractivity contribution in [3.63, 3.8) is 0 Å². The second-order valence-electron chi connectivity index (χ2n) is 2.12. The first-order valence-electron chi connectivity index (χ1n) is 3.38. The lowest BCUT2D eigenvalue weighted by atomic mass is 10.3. The Balaban J connectivity index is 0.00000121. The van der Waals surface area contributed by atoms with Gasteiger partial charge in [0.05, 0.1) is 6.54 Å². The maximum atomic E-state index is 10.7. The molecule has 0 bridgehead atoms. The van der Waals surface area contributed by atoms with Crippen LogP contribution in [0.3, 0.4) is 0 Å². The zero-order valence-electron chi connectivity index (χ0n) is 6.49. The Morgan fingerprint density at radius 2 is 1.92 bits per heavy atom. The van der Waals surface area contributed by atoms with Crippen molar-refractivity contribution in [1.29, 1.82) is 0 Å². The fourth-order valence-electron chi connectivity index (χ4n) is 0.734. The van der Waals surface area contributed by atoms with Gasteiger partial charge in [0.15, 0.2) is 0 Å². The fraction of sp³-hybridized carbons (Fsp3) is 0.125. The van der Waals surface area contributed by atoms with Crippen molar-refractivity contribution in [3.8, 4) is 0 Å². The van der Waals surface area contributed by atoms with Gasteiger partial charge >= 0.3 is 0 Å². The molecule has 4 heteroatoms. The van der Waals surface area contributed by atoms with E-state index in [0.717, 1.165) is 5.69 Å². The smallest absolute Gasteiger partial charge is 0.238 e. The molecule has 0 saturated carbocycles. The van der Waals surface area contributed by atoms with Crippen molar-refractivity contribution in [2.45, 2.75) is 0 Å². The van der Waals surface area contributed by atoms with Crippen molar-refractivity contribution in [2.24, 2.45) is 5.73 Å². The van der Waals surface area contributed by atoms with Gasteiger partial charge in [-0.1, -0.05) is 18.2 Å². The topological polar surface area (TPSA) is 55.1 Å². The zero-order valence-corrected chi connectivity index (χ0v) is 7.30. The highest BCUT2D eigenvalue weighted by Crippen LogP contribution is 2.03. The summed E-state index contributed by atoms with van der Waals surface area (Å²) in [5.74, 6) is -0.170. The van der Waals surface area contributed by atoms with Gasteiger partial charge < -0.3 is 11.1 Å². The van der Waals surface area contributed by atoms with Crippen LogP contribution in [0.5, 0.6) is 0 Å². The number of anilines is 1. The lowest BCUT2D eigenvalue weighted by molar-refractivity contribution is -0.114. The molecule has 0 aliphatic heterocycles. The second-order valence-corrected chi connectivity index (χ2v) is 2.12. The van der Waals surface area contributed by atoms with Crippen LogP contribution in [-0.2, 0) is 4.79 Å². The maximum absolute atomic E-state index is 10.7. The molecule has 12 heavy (non-hydrogen) atoms. The number of nitrogens with two attached hydrogens (primary N) is 1. The first kappa shape index (κ1) is 10.9. The molecule has 1 rings (SSSR count). The van der Waals surface area contributed by atoms with Crippen molar-refractivity contribution in [3.05, 3.63) is 30.3 Å². The van der Waals surface area contributed by atoms with Crippen LogP contribution in [0.25, 0.3) is 0 Å². The summed E-state index contributed by atoms with van der Waals surface area (Å²) in [6.45, 7) is 0.0227. The van der Waals surface area contributed by atoms with Crippen LogP contribution in [-0.4, -0.2) is 12.5 Å². The summed E-state index contributed by atoms with van der Waals surface area (Å²) < 4.78 is 0. The number of rotatable bonds is 2. The molecule has 1 amide bonds. The van der Waals surface area contributed by atoms with Gasteiger partial charge in [-0.15, -0.1) is 12.4 Å². The number of hydrogen-bond acceptors (Lipinski definition) is 2. The van der Waals surface area contributed by atoms with Crippen LogP contribution in [0.1, 0.15) is 0 Å². The van der Waals surface area contributed by atoms with Crippen molar-refractivity contribution in [2.75, 3.05) is 11.9 Å². The normalized spacial score (nSPS) is 8.42. The van der Waals surface area contributed by atoms with Crippen LogP contribution in [0, 0.1) is 0 Å². The van der Waals surface area contributed by atoms with E-state index in [1.807, 2.05) is 30.3 Å². The summed E-state index contributed by atoms with van der Waals surface area (Å²) in [4.78, 5) is 10.7. The molecule has 0 saturated heterocycles. The summed E-state index contributed by atoms with van der Waals surface area (Å²) in [5, 5.41) is 2.63. The highest BCUT2D eigenvalue weighted by molar-refractivity contribution is 5.91. The van der Waals surface area contributed by atoms with E-state index >= 15 is 0 Å². The number of carbonyl (C=O) groups excluding carboxylic acids is 1. The first-order valence-corrected chi connectivity index (χ1v) is 3.38. The monoisotopic (exact) mass is 186 g/mol. The molecular formula is C8H11ClN2O. The molecule has 3 N–H and O–H groups in total. The molecule has 0 atom stereocenters. The SMILES string of the molecule is Cl.NCC(=O)Nc1ccccc1. The van der Waals surface area contributed by atoms with Gasteiger partial charge in [-0.2, -0.15) is 0 Å². The molecule has 0 aromatic heterocycles. The van der Waals surface area contributed by atoms with Crippen LogP contribution >= 0.6 is 12.4 Å². The van der Waals surface area contributed by atoms with E-state index in [-0.39, 0.29) is 24.9 Å². The predicted octanol–water partition coefficient (Wildman–Crippen LogP) is 1.01. The predicted molar refractivity (Wildman–Crippen MR) is 51.4 cm³/mol. The Hall–Kier alpha value is -1.06. The van der Waals surface area contributed by atoms with E-state index in [1.54, 1.807) is 0 Å². The summed E-state index contributed by atoms with van der Waals surface area (Å²) in [5.41, 5.74) is 5.89. The quantitative estimate of drug-likeness (QED) is 0.724. The number of nitrogens with one attached hydrogen (secondary N) is 1. The largest absolute Gasteiger partial charge is 0.325 e. The minimum absolute atomic E-state index is 0. The molecule has 1 aromatic carbocycles. The molecule has 0 fully saturated rings. The van der Waals surface area contributed by atoms with Gasteiger partial charge in [0.1, 0.15) is 0 Å². The van der Waals surface area contributed by atoms with Gasteiger partial charge in [0, 0.05) is 5.69 Å². The Morgan fingerprint density at radius 1 is 1.33 bits per heavy atom. The molecule has 3 nitrogen and oxygen atoms in total. The van der Waals surface area contributed by atoms with Gasteiger partial charge in [-0.25, -0.2) is 0 Å². The summed E-state index contributed by atoms with van der Waals surface area (Å²) in [7, 11) is 0. The van der Waals surface area contributed by atoms with E-state index in [0.29, 0.717) is 0 Å². The van der Waals surface area contributed by atoms with Gasteiger partial charge in [0.2, 0.25) is 5.91 Å². The first-order chi connectivity index (χ1) is 5.33. The van der Waals surface area contributed by atoms with Crippen molar-refractivity contribution < 1.29 is 4.79 Å². The Kier molecular flexibility index (Phi) is 5.08. The molecule has 1 aromatic rings. The van der Waals surface area contributed by atoms with Crippen LogP contribution in [0.2, 0.25) is 0 Å². The lowest BCUT2D eigenvalue weighted by Crippen LogP contribution is -2.21. The number of amides is 1. The average Bonchev–Trinajstić information content (AvgIpc) is 2.06. The van der Waals surface area contributed by atoms with Gasteiger partial charge in [-0.05, 0) is 12.1 Å². The maximum Gasteiger partial charge on any atom is 0.238 e. The zero-order chi connectivity index (χ0) is 8.10. The second kappa shape index (κ2) is 5.57. The standard InChI is InChI=1S/C8H10N2O.ClH/c9-6-8(11)10-7-4-2-1-3-5-7;/h1-5H,6,9H2,(H,10,11);1H. The van der Waals surface area contributed by atoms with Crippen molar-refractivity contribution >= 4 is 24.0 Å². The number of carbonyl (C=O) groups is 1. The van der Waals surface area contributed by atoms with E-state index in [1.165, 1.54) is 0 Å². The molecule has 0 radical (unpaired) electrons. The number of benzene rings is 1. The molecular weight excluding hydrogens is 176 g/mol. The highest BCUT2D eigenvalue weighted by Gasteiger charge is 1.95. The Morgan fingerprint density at radius 3 is 2.42 bits per heavy atom. The summed E-state index contributed by atoms with van der Waals surface area (Å²) >= 11 is 0. The van der Waals surface area contributed by atoms with E-state index < -0.39 is 0 Å². The Labute approximate surface area is 77.4 Å². The minimum Gasteiger partial charge on any atom is -0.325 e. The van der Waals surface area contributed by atoms with Crippen molar-refractivity contribution in [1.82, 2.24) is 0 Å². The van der Waals surface area contributed by atoms with Crippen LogP contribution < -0.4 is 11.1 Å². The van der Waals surface area contributed by atoms with Crippen LogP contribution in [0.15, 0.2) is 30.3 Å². The summed E-state index contributed by atoms with van der Waals surface area (Å²) in [6.07, 6.45) is 0. The van der Waals surface area contributed by atoms with Gasteiger partial charge in [0.25, 0.3) is 0 Å². The third-order valence-corrected chi connectivity index (χ3v) is 1.24. The van der Waals surface area contributed by atoms with Crippen LogP contribution in [0.4, 0.5) is 5.69 Å². The third kappa shape index (κ3) is 3.37. The number of para-hydroxylation sites is 1. The number of hydrogen-bond donors (Lipinski definition) is 2. The van der Waals surface area contributed by atoms with E-state index in [9.17, 15) is 4.79 Å². The minimum atomic E-state index is -0.170. The molecule has 0 aliphatic carbocycles. The lowest BCUT2D eigenvalue weighted by Gasteiger charge is -2.00. The highest BCUT2D eigenvalue weighted by atomic mass is 35.5. The molecule has 0 spiro atoms. The van der Waals surface area contributed by atoms with E-state index in [4.69, 9.17) is 5.73 Å². The molecule has 0 aliphatic rings.